The fourth-order valence-electron chi connectivity index (χ4n) is 1.77. The summed E-state index contributed by atoms with van der Waals surface area (Å²) in [6.07, 6.45) is 3.77. The highest BCUT2D eigenvalue weighted by Crippen LogP contribution is 2.00. The number of amides is 1. The van der Waals surface area contributed by atoms with Gasteiger partial charge in [0.05, 0.1) is 11.8 Å². The van der Waals surface area contributed by atoms with Crippen molar-refractivity contribution in [3.63, 3.8) is 0 Å². The Morgan fingerprint density at radius 2 is 2.18 bits per heavy atom. The van der Waals surface area contributed by atoms with Crippen molar-refractivity contribution in [3.8, 4) is 11.8 Å². The van der Waals surface area contributed by atoms with E-state index >= 15 is 0 Å². The summed E-state index contributed by atoms with van der Waals surface area (Å²) in [5, 5.41) is 6.81. The van der Waals surface area contributed by atoms with E-state index in [0.29, 0.717) is 13.0 Å². The second-order valence-corrected chi connectivity index (χ2v) is 4.62. The molecule has 5 nitrogen and oxygen atoms in total. The number of ether oxygens (including phenoxy) is 1. The average molecular weight is 297 g/mol. The first-order chi connectivity index (χ1) is 10.8. The van der Waals surface area contributed by atoms with Gasteiger partial charge in [-0.1, -0.05) is 42.2 Å². The first-order valence-corrected chi connectivity index (χ1v) is 7.24. The third kappa shape index (κ3) is 5.33. The summed E-state index contributed by atoms with van der Waals surface area (Å²) in [6, 6.07) is 9.57. The maximum absolute atomic E-state index is 11.5. The molecule has 1 amide bonds. The molecule has 0 radical (unpaired) electrons. The molecule has 0 saturated carbocycles. The molecule has 114 valence electrons. The van der Waals surface area contributed by atoms with Gasteiger partial charge in [-0.25, -0.2) is 4.79 Å². The van der Waals surface area contributed by atoms with Crippen molar-refractivity contribution in [1.82, 2.24) is 15.1 Å². The zero-order chi connectivity index (χ0) is 15.6. The van der Waals surface area contributed by atoms with Crippen LogP contribution in [0, 0.1) is 11.8 Å². The number of rotatable bonds is 5. The van der Waals surface area contributed by atoms with Gasteiger partial charge in [0.25, 0.3) is 0 Å². The molecule has 0 aliphatic carbocycles. The highest BCUT2D eigenvalue weighted by atomic mass is 16.5. The van der Waals surface area contributed by atoms with Gasteiger partial charge in [0.2, 0.25) is 0 Å². The molecule has 1 heterocycles. The molecule has 2 aromatic rings. The Bertz CT molecular complexity index is 653. The van der Waals surface area contributed by atoms with Crippen LogP contribution in [0.1, 0.15) is 24.5 Å². The molecule has 0 aliphatic heterocycles. The van der Waals surface area contributed by atoms with Crippen LogP contribution in [0.5, 0.6) is 0 Å². The van der Waals surface area contributed by atoms with Gasteiger partial charge in [0.15, 0.2) is 0 Å². The van der Waals surface area contributed by atoms with Crippen molar-refractivity contribution < 1.29 is 9.53 Å². The lowest BCUT2D eigenvalue weighted by atomic mass is 10.2. The number of hydrogen-bond acceptors (Lipinski definition) is 3. The first-order valence-electron chi connectivity index (χ1n) is 7.24. The fraction of sp³-hybridized carbons (Fsp3) is 0.294. The minimum absolute atomic E-state index is 0.272. The topological polar surface area (TPSA) is 56.2 Å². The average Bonchev–Trinajstić information content (AvgIpc) is 3.01. The third-order valence-electron chi connectivity index (χ3n) is 2.92. The van der Waals surface area contributed by atoms with E-state index < -0.39 is 6.09 Å². The summed E-state index contributed by atoms with van der Waals surface area (Å²) in [5.74, 6) is 6.00. The van der Waals surface area contributed by atoms with Crippen LogP contribution in [0.25, 0.3) is 0 Å². The number of benzene rings is 1. The van der Waals surface area contributed by atoms with Crippen molar-refractivity contribution in [2.45, 2.75) is 26.5 Å². The molecule has 1 N–H and O–H groups in total. The largest absolute Gasteiger partial charge is 0.445 e. The first kappa shape index (κ1) is 15.6. The molecule has 2 rings (SSSR count). The van der Waals surface area contributed by atoms with Crippen molar-refractivity contribution >= 4 is 6.09 Å². The number of alkyl carbamates (subject to hydrolysis) is 1. The fourth-order valence-corrected chi connectivity index (χ4v) is 1.77. The molecule has 0 aliphatic rings. The molecular weight excluding hydrogens is 278 g/mol. The van der Waals surface area contributed by atoms with Gasteiger partial charge in [-0.05, 0) is 12.5 Å². The molecule has 0 bridgehead atoms. The zero-order valence-electron chi connectivity index (χ0n) is 12.6. The number of carbonyl (C=O) groups excluding carboxylic acids is 1. The maximum Gasteiger partial charge on any atom is 0.407 e. The normalized spacial score (nSPS) is 9.68. The third-order valence-corrected chi connectivity index (χ3v) is 2.92. The number of aryl methyl sites for hydroxylation is 1. The van der Waals surface area contributed by atoms with Crippen LogP contribution in [-0.2, 0) is 17.9 Å². The zero-order valence-corrected chi connectivity index (χ0v) is 12.6. The second-order valence-electron chi connectivity index (χ2n) is 4.62. The van der Waals surface area contributed by atoms with E-state index in [2.05, 4.69) is 22.3 Å². The van der Waals surface area contributed by atoms with Crippen LogP contribution < -0.4 is 5.32 Å². The van der Waals surface area contributed by atoms with E-state index in [9.17, 15) is 4.79 Å². The van der Waals surface area contributed by atoms with Crippen molar-refractivity contribution in [1.29, 1.82) is 0 Å². The van der Waals surface area contributed by atoms with Crippen LogP contribution in [0.3, 0.4) is 0 Å². The summed E-state index contributed by atoms with van der Waals surface area (Å²) < 4.78 is 6.92. The van der Waals surface area contributed by atoms with E-state index in [-0.39, 0.29) is 6.61 Å². The maximum atomic E-state index is 11.5. The minimum atomic E-state index is -0.426. The molecule has 0 fully saturated rings. The summed E-state index contributed by atoms with van der Waals surface area (Å²) in [7, 11) is 0. The Balaban J connectivity index is 1.63. The summed E-state index contributed by atoms with van der Waals surface area (Å²) in [6.45, 7) is 3.59. The summed E-state index contributed by atoms with van der Waals surface area (Å²) in [4.78, 5) is 11.5. The van der Waals surface area contributed by atoms with Crippen molar-refractivity contribution in [2.75, 3.05) is 6.54 Å². The van der Waals surface area contributed by atoms with Crippen LogP contribution in [0.2, 0.25) is 0 Å². The lowest BCUT2D eigenvalue weighted by molar-refractivity contribution is 0.140. The van der Waals surface area contributed by atoms with E-state index in [0.717, 1.165) is 17.7 Å². The molecule has 0 atom stereocenters. The van der Waals surface area contributed by atoms with Crippen LogP contribution >= 0.6 is 0 Å². The van der Waals surface area contributed by atoms with Gasteiger partial charge in [-0.2, -0.15) is 5.10 Å². The van der Waals surface area contributed by atoms with Gasteiger partial charge in [-0.15, -0.1) is 0 Å². The monoisotopic (exact) mass is 297 g/mol. The van der Waals surface area contributed by atoms with Crippen molar-refractivity contribution in [2.24, 2.45) is 0 Å². The highest BCUT2D eigenvalue weighted by molar-refractivity contribution is 5.67. The number of carbonyl (C=O) groups is 1. The van der Waals surface area contributed by atoms with E-state index in [1.54, 1.807) is 6.20 Å². The Morgan fingerprint density at radius 1 is 1.36 bits per heavy atom. The minimum Gasteiger partial charge on any atom is -0.445 e. The predicted molar refractivity (Wildman–Crippen MR) is 84.0 cm³/mol. The van der Waals surface area contributed by atoms with E-state index in [1.807, 2.05) is 48.1 Å². The Kier molecular flexibility index (Phi) is 6.06. The van der Waals surface area contributed by atoms with Crippen LogP contribution in [0.15, 0.2) is 42.7 Å². The number of nitrogens with zero attached hydrogens (tertiary/aromatic N) is 2. The summed E-state index contributed by atoms with van der Waals surface area (Å²) >= 11 is 0. The molecule has 5 heteroatoms. The lowest BCUT2D eigenvalue weighted by Crippen LogP contribution is -2.24. The van der Waals surface area contributed by atoms with Crippen molar-refractivity contribution in [3.05, 3.63) is 53.9 Å². The molecule has 0 spiro atoms. The van der Waals surface area contributed by atoms with Gasteiger partial charge in [0, 0.05) is 25.7 Å². The molecule has 22 heavy (non-hydrogen) atoms. The number of aromatic nitrogens is 2. The van der Waals surface area contributed by atoms with Gasteiger partial charge in [0.1, 0.15) is 6.61 Å². The molecule has 1 aromatic carbocycles. The lowest BCUT2D eigenvalue weighted by Gasteiger charge is -2.05. The van der Waals surface area contributed by atoms with Gasteiger partial charge in [-0.3, -0.25) is 4.68 Å². The number of hydrogen-bond donors (Lipinski definition) is 1. The molecule has 0 unspecified atom stereocenters. The van der Waals surface area contributed by atoms with Crippen LogP contribution in [-0.4, -0.2) is 22.4 Å². The Morgan fingerprint density at radius 3 is 2.91 bits per heavy atom. The number of nitrogens with one attached hydrogen (secondary N) is 1. The summed E-state index contributed by atoms with van der Waals surface area (Å²) in [5.41, 5.74) is 1.85. The molecule has 0 saturated heterocycles. The van der Waals surface area contributed by atoms with E-state index in [1.165, 1.54) is 0 Å². The Hall–Kier alpha value is -2.74. The molecule has 1 aromatic heterocycles. The van der Waals surface area contributed by atoms with Gasteiger partial charge < -0.3 is 10.1 Å². The van der Waals surface area contributed by atoms with Crippen LogP contribution in [0.4, 0.5) is 4.79 Å². The standard InChI is InChI=1S/C17H19N3O2/c1-2-20-13-16(12-19-20)10-6-7-11-18-17(21)22-14-15-8-4-3-5-9-15/h3-5,8-9,12-13H,2,7,11,14H2,1H3,(H,18,21). The highest BCUT2D eigenvalue weighted by Gasteiger charge is 2.00. The SMILES string of the molecule is CCn1cc(C#CCCNC(=O)OCc2ccccc2)cn1. The predicted octanol–water partition coefficient (Wildman–Crippen LogP) is 2.57. The smallest absolute Gasteiger partial charge is 0.407 e. The quantitative estimate of drug-likeness (QED) is 0.681. The van der Waals surface area contributed by atoms with Gasteiger partial charge >= 0.3 is 6.09 Å². The molecular formula is C17H19N3O2. The van der Waals surface area contributed by atoms with E-state index in [4.69, 9.17) is 4.74 Å². The Labute approximate surface area is 130 Å². The second kappa shape index (κ2) is 8.53.